The van der Waals surface area contributed by atoms with Crippen LogP contribution in [0.1, 0.15) is 17.5 Å². The Morgan fingerprint density at radius 3 is 2.41 bits per heavy atom. The third kappa shape index (κ3) is 4.11. The lowest BCUT2D eigenvalue weighted by Crippen LogP contribution is -2.23. The molecule has 8 nitrogen and oxygen atoms in total. The Labute approximate surface area is 199 Å². The van der Waals surface area contributed by atoms with Gasteiger partial charge in [0.25, 0.3) is 10.0 Å². The number of anilines is 2. The van der Waals surface area contributed by atoms with E-state index in [1.807, 2.05) is 35.2 Å². The lowest BCUT2D eigenvalue weighted by Gasteiger charge is -2.22. The van der Waals surface area contributed by atoms with Crippen molar-refractivity contribution in [3.63, 3.8) is 0 Å². The van der Waals surface area contributed by atoms with E-state index in [1.54, 1.807) is 26.0 Å². The highest BCUT2D eigenvalue weighted by Gasteiger charge is 2.30. The Balaban J connectivity index is 1.78. The number of methoxy groups -OCH3 is 2. The molecule has 1 aliphatic rings. The van der Waals surface area contributed by atoms with Crippen molar-refractivity contribution < 1.29 is 27.8 Å². The number of nitrogens with one attached hydrogen (secondary N) is 1. The van der Waals surface area contributed by atoms with Crippen LogP contribution in [-0.2, 0) is 14.8 Å². The van der Waals surface area contributed by atoms with Crippen LogP contribution in [0.3, 0.4) is 0 Å². The molecule has 0 radical (unpaired) electrons. The number of rotatable bonds is 7. The number of carboxylic acid groups (broad SMARTS) is 1. The highest BCUT2D eigenvalue weighted by Crippen LogP contribution is 2.40. The van der Waals surface area contributed by atoms with Crippen LogP contribution in [0.25, 0.3) is 10.8 Å². The highest BCUT2D eigenvalue weighted by atomic mass is 32.2. The summed E-state index contributed by atoms with van der Waals surface area (Å²) in [5.41, 5.74) is 2.41. The lowest BCUT2D eigenvalue weighted by atomic mass is 10.1. The topological polar surface area (TPSA) is 105 Å². The summed E-state index contributed by atoms with van der Waals surface area (Å²) >= 11 is 0. The largest absolute Gasteiger partial charge is 0.496 e. The van der Waals surface area contributed by atoms with Gasteiger partial charge in [0.05, 0.1) is 25.8 Å². The molecule has 2 N–H and O–H groups in total. The van der Waals surface area contributed by atoms with Gasteiger partial charge >= 0.3 is 5.97 Å². The molecule has 0 aromatic heterocycles. The maximum Gasteiger partial charge on any atom is 0.308 e. The number of carbonyl (C=O) groups is 1. The molecule has 3 aromatic carbocycles. The maximum atomic E-state index is 13.6. The predicted molar refractivity (Wildman–Crippen MR) is 132 cm³/mol. The molecule has 3 aromatic rings. The van der Waals surface area contributed by atoms with Gasteiger partial charge in [-0.3, -0.25) is 9.52 Å². The van der Waals surface area contributed by atoms with Crippen molar-refractivity contribution in [1.82, 2.24) is 0 Å². The summed E-state index contributed by atoms with van der Waals surface area (Å²) in [5.74, 6) is -0.484. The third-order valence-electron chi connectivity index (χ3n) is 6.34. The fraction of sp³-hybridized carbons (Fsp3) is 0.320. The number of sulfonamides is 1. The smallest absolute Gasteiger partial charge is 0.308 e. The Morgan fingerprint density at radius 2 is 1.79 bits per heavy atom. The minimum Gasteiger partial charge on any atom is -0.496 e. The number of nitrogens with zero attached hydrogens (tertiary/aromatic N) is 1. The number of ether oxygens (including phenoxy) is 2. The van der Waals surface area contributed by atoms with Gasteiger partial charge in [-0.15, -0.1) is 0 Å². The summed E-state index contributed by atoms with van der Waals surface area (Å²) in [6.07, 6.45) is 0.576. The minimum atomic E-state index is -4.03. The van der Waals surface area contributed by atoms with Crippen LogP contribution in [-0.4, -0.2) is 46.8 Å². The Morgan fingerprint density at radius 1 is 1.09 bits per heavy atom. The maximum absolute atomic E-state index is 13.6. The van der Waals surface area contributed by atoms with Crippen LogP contribution in [0.15, 0.2) is 47.4 Å². The summed E-state index contributed by atoms with van der Waals surface area (Å²) in [6.45, 7) is 4.50. The van der Waals surface area contributed by atoms with Crippen molar-refractivity contribution in [3.8, 4) is 11.5 Å². The summed E-state index contributed by atoms with van der Waals surface area (Å²) in [5, 5.41) is 10.9. The van der Waals surface area contributed by atoms with Crippen molar-refractivity contribution in [2.75, 3.05) is 36.9 Å². The average Bonchev–Trinajstić information content (AvgIpc) is 3.30. The molecule has 34 heavy (non-hydrogen) atoms. The lowest BCUT2D eigenvalue weighted by molar-refractivity contribution is -0.140. The number of benzene rings is 3. The van der Waals surface area contributed by atoms with E-state index in [0.29, 0.717) is 42.1 Å². The van der Waals surface area contributed by atoms with Crippen LogP contribution < -0.4 is 19.1 Å². The molecule has 1 atom stereocenters. The first-order chi connectivity index (χ1) is 16.2. The molecule has 0 bridgehead atoms. The monoisotopic (exact) mass is 484 g/mol. The first kappa shape index (κ1) is 23.7. The van der Waals surface area contributed by atoms with Crippen molar-refractivity contribution in [1.29, 1.82) is 0 Å². The molecule has 0 spiro atoms. The number of carboxylic acids is 1. The van der Waals surface area contributed by atoms with E-state index in [2.05, 4.69) is 4.72 Å². The number of hydrogen-bond acceptors (Lipinski definition) is 6. The van der Waals surface area contributed by atoms with Crippen LogP contribution in [0.2, 0.25) is 0 Å². The summed E-state index contributed by atoms with van der Waals surface area (Å²) in [6, 6.07) is 12.8. The van der Waals surface area contributed by atoms with Gasteiger partial charge in [-0.1, -0.05) is 24.3 Å². The Kier molecular flexibility index (Phi) is 6.31. The van der Waals surface area contributed by atoms with Gasteiger partial charge in [0.1, 0.15) is 16.4 Å². The Hall–Kier alpha value is -3.46. The summed E-state index contributed by atoms with van der Waals surface area (Å²) in [7, 11) is -1.09. The molecule has 1 saturated heterocycles. The molecule has 0 amide bonds. The molecule has 0 aliphatic carbocycles. The van der Waals surface area contributed by atoms with Gasteiger partial charge in [0.2, 0.25) is 0 Å². The van der Waals surface area contributed by atoms with Crippen LogP contribution >= 0.6 is 0 Å². The van der Waals surface area contributed by atoms with E-state index in [9.17, 15) is 18.3 Å². The SMILES string of the molecule is COc1cc(C)c(OC)c(S(=O)(=O)Nc2ccc(N3CC[C@H](C(=O)O)C3)c3ccccc23)c1C. The van der Waals surface area contributed by atoms with E-state index in [-0.39, 0.29) is 10.6 Å². The van der Waals surface area contributed by atoms with Crippen molar-refractivity contribution in [2.24, 2.45) is 5.92 Å². The van der Waals surface area contributed by atoms with Gasteiger partial charge < -0.3 is 19.5 Å². The van der Waals surface area contributed by atoms with Crippen molar-refractivity contribution in [2.45, 2.75) is 25.2 Å². The summed E-state index contributed by atoms with van der Waals surface area (Å²) < 4.78 is 40.8. The molecular weight excluding hydrogens is 456 g/mol. The summed E-state index contributed by atoms with van der Waals surface area (Å²) in [4.78, 5) is 13.5. The van der Waals surface area contributed by atoms with Gasteiger partial charge in [-0.2, -0.15) is 0 Å². The number of aryl methyl sites for hydroxylation is 1. The zero-order valence-electron chi connectivity index (χ0n) is 19.6. The molecule has 180 valence electrons. The molecule has 1 aliphatic heterocycles. The molecular formula is C25H28N2O6S. The average molecular weight is 485 g/mol. The second-order valence-corrected chi connectivity index (χ2v) is 10.1. The number of aliphatic carboxylic acids is 1. The molecule has 9 heteroatoms. The van der Waals surface area contributed by atoms with Gasteiger partial charge in [0, 0.05) is 35.1 Å². The molecule has 1 fully saturated rings. The van der Waals surface area contributed by atoms with E-state index >= 15 is 0 Å². The number of fused-ring (bicyclic) bond motifs is 1. The number of hydrogen-bond donors (Lipinski definition) is 2. The van der Waals surface area contributed by atoms with Gasteiger partial charge in [-0.25, -0.2) is 8.42 Å². The van der Waals surface area contributed by atoms with E-state index in [1.165, 1.54) is 14.2 Å². The molecule has 0 saturated carbocycles. The first-order valence-electron chi connectivity index (χ1n) is 10.9. The highest BCUT2D eigenvalue weighted by molar-refractivity contribution is 7.93. The van der Waals surface area contributed by atoms with E-state index < -0.39 is 21.9 Å². The zero-order valence-corrected chi connectivity index (χ0v) is 20.4. The van der Waals surface area contributed by atoms with Crippen molar-refractivity contribution >= 4 is 38.1 Å². The normalized spacial score (nSPS) is 16.0. The van der Waals surface area contributed by atoms with Crippen molar-refractivity contribution in [3.05, 3.63) is 53.6 Å². The van der Waals surface area contributed by atoms with Gasteiger partial charge in [-0.05, 0) is 44.0 Å². The van der Waals surface area contributed by atoms with E-state index in [0.717, 1.165) is 16.5 Å². The quantitative estimate of drug-likeness (QED) is 0.518. The zero-order chi connectivity index (χ0) is 24.6. The standard InChI is InChI=1S/C25H28N2O6S/c1-15-13-22(32-3)16(2)24(23(15)33-4)34(30,31)26-20-9-10-21(19-8-6-5-7-18(19)20)27-12-11-17(14-27)25(28)29/h5-10,13,17,26H,11-12,14H2,1-4H3,(H,28,29)/t17-/m0/s1. The predicted octanol–water partition coefficient (Wildman–Crippen LogP) is 4.19. The fourth-order valence-corrected chi connectivity index (χ4v) is 6.21. The first-order valence-corrected chi connectivity index (χ1v) is 12.4. The third-order valence-corrected chi connectivity index (χ3v) is 7.86. The van der Waals surface area contributed by atoms with Gasteiger partial charge in [0.15, 0.2) is 0 Å². The van der Waals surface area contributed by atoms with Crippen LogP contribution in [0.5, 0.6) is 11.5 Å². The second kappa shape index (κ2) is 9.06. The minimum absolute atomic E-state index is 0.0313. The second-order valence-electron chi connectivity index (χ2n) is 8.44. The van der Waals surface area contributed by atoms with E-state index in [4.69, 9.17) is 9.47 Å². The van der Waals surface area contributed by atoms with Crippen LogP contribution in [0, 0.1) is 19.8 Å². The fourth-order valence-electron chi connectivity index (χ4n) is 4.65. The molecule has 4 rings (SSSR count). The van der Waals surface area contributed by atoms with Crippen LogP contribution in [0.4, 0.5) is 11.4 Å². The Bertz CT molecular complexity index is 1370. The molecule has 0 unspecified atom stereocenters. The molecule has 1 heterocycles.